The van der Waals surface area contributed by atoms with Crippen LogP contribution in [0, 0.1) is 0 Å². The Hall–Kier alpha value is -3.22. The van der Waals surface area contributed by atoms with E-state index >= 15 is 0 Å². The van der Waals surface area contributed by atoms with Gasteiger partial charge in [-0.25, -0.2) is 10.1 Å². The highest BCUT2D eigenvalue weighted by Gasteiger charge is 2.12. The molecule has 2 aromatic heterocycles. The molecule has 1 N–H and O–H groups in total. The Bertz CT molecular complexity index is 1120. The molecule has 2 heterocycles. The van der Waals surface area contributed by atoms with Gasteiger partial charge in [-0.3, -0.25) is 4.79 Å². The third-order valence-electron chi connectivity index (χ3n) is 4.19. The van der Waals surface area contributed by atoms with Crippen molar-refractivity contribution in [2.24, 2.45) is 5.10 Å². The van der Waals surface area contributed by atoms with Crippen molar-refractivity contribution in [1.82, 2.24) is 15.2 Å². The number of aromatic nitrogens is 2. The number of halogens is 1. The summed E-state index contributed by atoms with van der Waals surface area (Å²) in [6.07, 6.45) is 3.76. The van der Waals surface area contributed by atoms with Crippen LogP contribution in [0.4, 0.5) is 0 Å². The molecular weight excluding hydrogens is 404 g/mol. The van der Waals surface area contributed by atoms with Crippen molar-refractivity contribution in [2.45, 2.75) is 6.42 Å². The average molecular weight is 421 g/mol. The minimum absolute atomic E-state index is 0.198. The van der Waals surface area contributed by atoms with Crippen LogP contribution in [-0.2, 0) is 11.2 Å². The zero-order chi connectivity index (χ0) is 20.1. The number of carbonyl (C=O) groups excluding carboxylic acids is 1. The Morgan fingerprint density at radius 2 is 1.90 bits per heavy atom. The fourth-order valence-corrected chi connectivity index (χ4v) is 3.66. The van der Waals surface area contributed by atoms with Crippen LogP contribution in [0.25, 0.3) is 16.3 Å². The van der Waals surface area contributed by atoms with Crippen molar-refractivity contribution in [1.29, 1.82) is 0 Å². The lowest BCUT2D eigenvalue weighted by Gasteiger charge is -2.00. The molecule has 1 amide bonds. The molecule has 0 aliphatic heterocycles. The van der Waals surface area contributed by atoms with Crippen LogP contribution in [0.1, 0.15) is 11.1 Å². The minimum Gasteiger partial charge on any atom is -0.273 e. The van der Waals surface area contributed by atoms with Crippen molar-refractivity contribution >= 4 is 35.1 Å². The van der Waals surface area contributed by atoms with Gasteiger partial charge in [-0.1, -0.05) is 48.0 Å². The molecule has 7 heteroatoms. The molecule has 0 fully saturated rings. The van der Waals surface area contributed by atoms with Gasteiger partial charge in [-0.2, -0.15) is 10.2 Å². The van der Waals surface area contributed by atoms with E-state index in [1.807, 2.05) is 70.9 Å². The molecule has 2 aromatic carbocycles. The SMILES string of the molecule is O=C(Cc1ccc(Cl)cc1)NN=Cc1cn(-c2ccccc2)nc1-c1cccs1. The normalized spacial score (nSPS) is 11.1. The van der Waals surface area contributed by atoms with Crippen LogP contribution in [-0.4, -0.2) is 21.9 Å². The van der Waals surface area contributed by atoms with Gasteiger partial charge in [-0.15, -0.1) is 11.3 Å². The highest BCUT2D eigenvalue weighted by Crippen LogP contribution is 2.26. The fraction of sp³-hybridized carbons (Fsp3) is 0.0455. The van der Waals surface area contributed by atoms with Gasteiger partial charge in [0.25, 0.3) is 0 Å². The molecule has 0 aliphatic carbocycles. The van der Waals surface area contributed by atoms with Gasteiger partial charge in [0.05, 0.1) is 23.2 Å². The monoisotopic (exact) mass is 420 g/mol. The second kappa shape index (κ2) is 8.86. The smallest absolute Gasteiger partial charge is 0.244 e. The van der Waals surface area contributed by atoms with Gasteiger partial charge >= 0.3 is 0 Å². The minimum atomic E-state index is -0.198. The molecule has 0 saturated carbocycles. The molecule has 5 nitrogen and oxygen atoms in total. The number of nitrogens with zero attached hydrogens (tertiary/aromatic N) is 3. The molecule has 0 saturated heterocycles. The topological polar surface area (TPSA) is 59.3 Å². The molecule has 0 bridgehead atoms. The lowest BCUT2D eigenvalue weighted by molar-refractivity contribution is -0.120. The number of benzene rings is 2. The van der Waals surface area contributed by atoms with E-state index in [0.29, 0.717) is 5.02 Å². The largest absolute Gasteiger partial charge is 0.273 e. The van der Waals surface area contributed by atoms with E-state index in [9.17, 15) is 4.79 Å². The predicted octanol–water partition coefficient (Wildman–Crippen LogP) is 4.95. The maximum atomic E-state index is 12.2. The maximum Gasteiger partial charge on any atom is 0.244 e. The van der Waals surface area contributed by atoms with E-state index in [0.717, 1.165) is 27.4 Å². The molecule has 29 heavy (non-hydrogen) atoms. The summed E-state index contributed by atoms with van der Waals surface area (Å²) in [6.45, 7) is 0. The summed E-state index contributed by atoms with van der Waals surface area (Å²) in [5, 5.41) is 11.5. The van der Waals surface area contributed by atoms with Crippen LogP contribution in [0.15, 0.2) is 83.4 Å². The first-order valence-electron chi connectivity index (χ1n) is 8.94. The standard InChI is InChI=1S/C22H17ClN4OS/c23-18-10-8-16(9-11-18)13-21(28)25-24-14-17-15-27(19-5-2-1-3-6-19)26-22(17)20-7-4-12-29-20/h1-12,14-15H,13H2,(H,25,28). The predicted molar refractivity (Wildman–Crippen MR) is 118 cm³/mol. The van der Waals surface area contributed by atoms with Crippen molar-refractivity contribution in [3.05, 3.63) is 94.5 Å². The third kappa shape index (κ3) is 4.80. The Balaban J connectivity index is 1.51. The zero-order valence-corrected chi connectivity index (χ0v) is 16.9. The third-order valence-corrected chi connectivity index (χ3v) is 5.32. The number of para-hydroxylation sites is 1. The van der Waals surface area contributed by atoms with Gasteiger partial charge < -0.3 is 0 Å². The van der Waals surface area contributed by atoms with E-state index in [1.165, 1.54) is 0 Å². The van der Waals surface area contributed by atoms with Crippen molar-refractivity contribution in [3.63, 3.8) is 0 Å². The number of carbonyl (C=O) groups is 1. The Kier molecular flexibility index (Phi) is 5.84. The summed E-state index contributed by atoms with van der Waals surface area (Å²) < 4.78 is 1.81. The van der Waals surface area contributed by atoms with Crippen LogP contribution >= 0.6 is 22.9 Å². The second-order valence-electron chi connectivity index (χ2n) is 6.29. The molecule has 144 valence electrons. The number of hydrazone groups is 1. The van der Waals surface area contributed by atoms with Crippen LogP contribution in [0.2, 0.25) is 5.02 Å². The highest BCUT2D eigenvalue weighted by molar-refractivity contribution is 7.13. The van der Waals surface area contributed by atoms with Gasteiger partial charge in [0.2, 0.25) is 5.91 Å². The number of hydrogen-bond donors (Lipinski definition) is 1. The van der Waals surface area contributed by atoms with E-state index in [2.05, 4.69) is 10.5 Å². The van der Waals surface area contributed by atoms with Gasteiger partial charge in [0.15, 0.2) is 0 Å². The fourth-order valence-electron chi connectivity index (χ4n) is 2.80. The number of amides is 1. The average Bonchev–Trinajstić information content (AvgIpc) is 3.40. The van der Waals surface area contributed by atoms with E-state index in [4.69, 9.17) is 16.7 Å². The lowest BCUT2D eigenvalue weighted by Crippen LogP contribution is -2.19. The second-order valence-corrected chi connectivity index (χ2v) is 7.67. The molecule has 0 radical (unpaired) electrons. The van der Waals surface area contributed by atoms with E-state index in [-0.39, 0.29) is 12.3 Å². The summed E-state index contributed by atoms with van der Waals surface area (Å²) in [5.74, 6) is -0.198. The molecular formula is C22H17ClN4OS. The summed E-state index contributed by atoms with van der Waals surface area (Å²) in [7, 11) is 0. The Morgan fingerprint density at radius 3 is 2.62 bits per heavy atom. The molecule has 4 rings (SSSR count). The molecule has 0 aliphatic rings. The van der Waals surface area contributed by atoms with Crippen LogP contribution in [0.3, 0.4) is 0 Å². The van der Waals surface area contributed by atoms with Crippen molar-refractivity contribution < 1.29 is 4.79 Å². The zero-order valence-electron chi connectivity index (χ0n) is 15.3. The number of nitrogens with one attached hydrogen (secondary N) is 1. The summed E-state index contributed by atoms with van der Waals surface area (Å²) in [5.41, 5.74) is 6.05. The maximum absolute atomic E-state index is 12.2. The van der Waals surface area contributed by atoms with Gasteiger partial charge in [0, 0.05) is 16.8 Å². The summed E-state index contributed by atoms with van der Waals surface area (Å²) in [6, 6.07) is 21.0. The van der Waals surface area contributed by atoms with E-state index < -0.39 is 0 Å². The molecule has 0 atom stereocenters. The van der Waals surface area contributed by atoms with E-state index in [1.54, 1.807) is 29.7 Å². The van der Waals surface area contributed by atoms with Crippen LogP contribution < -0.4 is 5.43 Å². The van der Waals surface area contributed by atoms with Gasteiger partial charge in [-0.05, 0) is 41.3 Å². The van der Waals surface area contributed by atoms with Crippen molar-refractivity contribution in [2.75, 3.05) is 0 Å². The van der Waals surface area contributed by atoms with Gasteiger partial charge in [0.1, 0.15) is 5.69 Å². The molecule has 0 unspecified atom stereocenters. The number of thiophene rings is 1. The molecule has 0 spiro atoms. The Labute approximate surface area is 177 Å². The quantitative estimate of drug-likeness (QED) is 0.354. The summed E-state index contributed by atoms with van der Waals surface area (Å²) >= 11 is 7.48. The first kappa shape index (κ1) is 19.1. The molecule has 4 aromatic rings. The first-order valence-corrected chi connectivity index (χ1v) is 10.2. The van der Waals surface area contributed by atoms with Crippen LogP contribution in [0.5, 0.6) is 0 Å². The number of hydrogen-bond acceptors (Lipinski definition) is 4. The number of rotatable bonds is 6. The first-order chi connectivity index (χ1) is 14.2. The Morgan fingerprint density at radius 1 is 1.10 bits per heavy atom. The van der Waals surface area contributed by atoms with Crippen molar-refractivity contribution in [3.8, 4) is 16.3 Å². The summed E-state index contributed by atoms with van der Waals surface area (Å²) in [4.78, 5) is 13.2. The lowest BCUT2D eigenvalue weighted by atomic mass is 10.1. The highest BCUT2D eigenvalue weighted by atomic mass is 35.5.